The summed E-state index contributed by atoms with van der Waals surface area (Å²) in [4.78, 5) is 15.1. The lowest BCUT2D eigenvalue weighted by Gasteiger charge is -2.11. The Kier molecular flexibility index (Phi) is 3.19. The highest BCUT2D eigenvalue weighted by Crippen LogP contribution is 2.36. The number of hydrogen-bond acceptors (Lipinski definition) is 4. The van der Waals surface area contributed by atoms with Gasteiger partial charge in [0.1, 0.15) is 12.4 Å². The highest BCUT2D eigenvalue weighted by atomic mass is 35.5. The summed E-state index contributed by atoms with van der Waals surface area (Å²) in [5.74, 6) is 1.32. The molecule has 17 heavy (non-hydrogen) atoms. The molecule has 2 rings (SSSR count). The van der Waals surface area contributed by atoms with Crippen LogP contribution in [0.15, 0.2) is 17.1 Å². The molecule has 0 bridgehead atoms. The van der Waals surface area contributed by atoms with Gasteiger partial charge in [-0.15, -0.1) is 0 Å². The molecule has 1 aliphatic heterocycles. The third kappa shape index (κ3) is 2.19. The molecule has 0 saturated carbocycles. The van der Waals surface area contributed by atoms with Gasteiger partial charge in [0.2, 0.25) is 5.91 Å². The molecule has 0 spiro atoms. The number of amidine groups is 1. The molecular weight excluding hydrogens is 244 g/mol. The molecule has 0 radical (unpaired) electrons. The van der Waals surface area contributed by atoms with Crippen molar-refractivity contribution in [3.8, 4) is 11.5 Å². The van der Waals surface area contributed by atoms with Gasteiger partial charge in [0.25, 0.3) is 0 Å². The van der Waals surface area contributed by atoms with Crippen molar-refractivity contribution in [2.45, 2.75) is 0 Å². The van der Waals surface area contributed by atoms with Crippen LogP contribution in [0.4, 0.5) is 0 Å². The Morgan fingerprint density at radius 2 is 2.12 bits per heavy atom. The zero-order chi connectivity index (χ0) is 12.4. The van der Waals surface area contributed by atoms with E-state index in [1.54, 1.807) is 12.1 Å². The molecule has 0 aliphatic carbocycles. The minimum absolute atomic E-state index is 0.133. The van der Waals surface area contributed by atoms with E-state index in [0.29, 0.717) is 27.9 Å². The first-order valence-electron chi connectivity index (χ1n) is 4.92. The fraction of sp³-hybridized carbons (Fsp3) is 0.273. The van der Waals surface area contributed by atoms with Crippen LogP contribution in [-0.2, 0) is 4.79 Å². The van der Waals surface area contributed by atoms with E-state index in [2.05, 4.69) is 10.3 Å². The molecule has 0 aromatic heterocycles. The maximum Gasteiger partial charge on any atom is 0.247 e. The summed E-state index contributed by atoms with van der Waals surface area (Å²) in [6, 6.07) is 3.39. The van der Waals surface area contributed by atoms with Crippen LogP contribution in [0.5, 0.6) is 11.5 Å². The highest BCUT2D eigenvalue weighted by Gasteiger charge is 2.18. The minimum Gasteiger partial charge on any atom is -0.493 e. The van der Waals surface area contributed by atoms with Gasteiger partial charge in [-0.3, -0.25) is 9.79 Å². The summed E-state index contributed by atoms with van der Waals surface area (Å²) in [5, 5.41) is 3.05. The fourth-order valence-electron chi connectivity index (χ4n) is 1.58. The Balaban J connectivity index is 2.43. The highest BCUT2D eigenvalue weighted by molar-refractivity contribution is 6.33. The molecule has 0 fully saturated rings. The number of hydrogen-bond donors (Lipinski definition) is 1. The van der Waals surface area contributed by atoms with Crippen LogP contribution >= 0.6 is 11.6 Å². The molecule has 0 atom stereocenters. The Bertz CT molecular complexity index is 500. The van der Waals surface area contributed by atoms with Crippen LogP contribution in [-0.4, -0.2) is 32.5 Å². The number of aliphatic imine (C=N–C) groups is 1. The van der Waals surface area contributed by atoms with Gasteiger partial charge in [-0.25, -0.2) is 0 Å². The number of carbonyl (C=O) groups excluding carboxylic acids is 1. The number of halogens is 1. The van der Waals surface area contributed by atoms with Crippen molar-refractivity contribution in [3.05, 3.63) is 22.7 Å². The zero-order valence-corrected chi connectivity index (χ0v) is 10.2. The van der Waals surface area contributed by atoms with Gasteiger partial charge >= 0.3 is 0 Å². The molecule has 90 valence electrons. The van der Waals surface area contributed by atoms with Gasteiger partial charge in [-0.1, -0.05) is 11.6 Å². The lowest BCUT2D eigenvalue weighted by Crippen LogP contribution is -2.25. The largest absolute Gasteiger partial charge is 0.493 e. The number of rotatable bonds is 3. The molecule has 1 amide bonds. The molecule has 1 N–H and O–H groups in total. The van der Waals surface area contributed by atoms with E-state index in [4.69, 9.17) is 21.1 Å². The van der Waals surface area contributed by atoms with Gasteiger partial charge in [-0.05, 0) is 12.1 Å². The first-order chi connectivity index (χ1) is 8.15. The third-order valence-electron chi connectivity index (χ3n) is 2.35. The van der Waals surface area contributed by atoms with E-state index in [1.165, 1.54) is 14.2 Å². The molecule has 1 heterocycles. The Morgan fingerprint density at radius 1 is 1.35 bits per heavy atom. The Morgan fingerprint density at radius 3 is 2.65 bits per heavy atom. The van der Waals surface area contributed by atoms with E-state index < -0.39 is 0 Å². The SMILES string of the molecule is COc1cc(C2=NCC(=O)N2)cc(Cl)c1OC. The van der Waals surface area contributed by atoms with E-state index in [1.807, 2.05) is 0 Å². The lowest BCUT2D eigenvalue weighted by atomic mass is 10.2. The lowest BCUT2D eigenvalue weighted by molar-refractivity contribution is -0.117. The van der Waals surface area contributed by atoms with Crippen molar-refractivity contribution in [1.82, 2.24) is 5.32 Å². The number of ether oxygens (including phenoxy) is 2. The molecule has 0 unspecified atom stereocenters. The maximum atomic E-state index is 11.1. The second-order valence-electron chi connectivity index (χ2n) is 3.41. The number of benzene rings is 1. The predicted molar refractivity (Wildman–Crippen MR) is 64.1 cm³/mol. The second kappa shape index (κ2) is 4.63. The molecule has 6 heteroatoms. The maximum absolute atomic E-state index is 11.1. The zero-order valence-electron chi connectivity index (χ0n) is 9.41. The number of nitrogens with one attached hydrogen (secondary N) is 1. The number of amides is 1. The number of nitrogens with zero attached hydrogens (tertiary/aromatic N) is 1. The summed E-state index contributed by atoms with van der Waals surface area (Å²) < 4.78 is 10.3. The van der Waals surface area contributed by atoms with Crippen molar-refractivity contribution in [2.75, 3.05) is 20.8 Å². The number of carbonyl (C=O) groups is 1. The van der Waals surface area contributed by atoms with Crippen molar-refractivity contribution in [2.24, 2.45) is 4.99 Å². The topological polar surface area (TPSA) is 59.9 Å². The van der Waals surface area contributed by atoms with Crippen LogP contribution in [0.1, 0.15) is 5.56 Å². The van der Waals surface area contributed by atoms with Crippen LogP contribution in [0.25, 0.3) is 0 Å². The summed E-state index contributed by atoms with van der Waals surface area (Å²) in [5.41, 5.74) is 0.693. The molecule has 1 aliphatic rings. The van der Waals surface area contributed by atoms with Gasteiger partial charge in [-0.2, -0.15) is 0 Å². The fourth-order valence-corrected chi connectivity index (χ4v) is 1.87. The first kappa shape index (κ1) is 11.7. The second-order valence-corrected chi connectivity index (χ2v) is 3.81. The summed E-state index contributed by atoms with van der Waals surface area (Å²) in [6.45, 7) is 0.140. The normalized spacial score (nSPS) is 14.3. The smallest absolute Gasteiger partial charge is 0.247 e. The van der Waals surface area contributed by atoms with Gasteiger partial charge in [0, 0.05) is 5.56 Å². The average molecular weight is 255 g/mol. The van der Waals surface area contributed by atoms with Crippen molar-refractivity contribution in [1.29, 1.82) is 0 Å². The Hall–Kier alpha value is -1.75. The molecular formula is C11H11ClN2O3. The summed E-state index contributed by atoms with van der Waals surface area (Å²) in [6.07, 6.45) is 0. The molecule has 1 aromatic carbocycles. The van der Waals surface area contributed by atoms with Crippen LogP contribution in [0.2, 0.25) is 5.02 Å². The van der Waals surface area contributed by atoms with E-state index in [9.17, 15) is 4.79 Å². The minimum atomic E-state index is -0.133. The van der Waals surface area contributed by atoms with Gasteiger partial charge in [0.05, 0.1) is 19.2 Å². The standard InChI is InChI=1S/C11H11ClN2O3/c1-16-8-4-6(3-7(12)10(8)17-2)11-13-5-9(15)14-11/h3-4H,5H2,1-2H3,(H,13,14,15). The van der Waals surface area contributed by atoms with Crippen molar-refractivity contribution < 1.29 is 14.3 Å². The summed E-state index contributed by atoms with van der Waals surface area (Å²) >= 11 is 6.06. The van der Waals surface area contributed by atoms with Crippen molar-refractivity contribution >= 4 is 23.3 Å². The van der Waals surface area contributed by atoms with Gasteiger partial charge in [0.15, 0.2) is 11.5 Å². The average Bonchev–Trinajstić information content (AvgIpc) is 2.74. The quantitative estimate of drug-likeness (QED) is 0.883. The molecule has 5 nitrogen and oxygen atoms in total. The predicted octanol–water partition coefficient (Wildman–Crippen LogP) is 1.23. The monoisotopic (exact) mass is 254 g/mol. The van der Waals surface area contributed by atoms with Gasteiger partial charge < -0.3 is 14.8 Å². The third-order valence-corrected chi connectivity index (χ3v) is 2.63. The summed E-state index contributed by atoms with van der Waals surface area (Å²) in [7, 11) is 3.03. The van der Waals surface area contributed by atoms with Crippen LogP contribution < -0.4 is 14.8 Å². The van der Waals surface area contributed by atoms with E-state index >= 15 is 0 Å². The Labute approximate surface area is 103 Å². The molecule has 1 aromatic rings. The molecule has 0 saturated heterocycles. The van der Waals surface area contributed by atoms with Crippen LogP contribution in [0, 0.1) is 0 Å². The van der Waals surface area contributed by atoms with Crippen LogP contribution in [0.3, 0.4) is 0 Å². The van der Waals surface area contributed by atoms with E-state index in [0.717, 1.165) is 0 Å². The number of methoxy groups -OCH3 is 2. The van der Waals surface area contributed by atoms with Crippen molar-refractivity contribution in [3.63, 3.8) is 0 Å². The first-order valence-corrected chi connectivity index (χ1v) is 5.29. The van der Waals surface area contributed by atoms with E-state index in [-0.39, 0.29) is 12.5 Å².